The third kappa shape index (κ3) is 5.19. The van der Waals surface area contributed by atoms with Crippen molar-refractivity contribution in [2.45, 2.75) is 45.6 Å². The standard InChI is InChI=1S/C30H32N4O/c1-22-8-3-4-9-25(22)20-27-11-7-13-29(32-27)24-14-17-33(18-15-24)30(35)28-12-6-5-10-26(28)21-34-19-16-31-23(34)2/h3-13,16,19,24H,14-15,17-18,20-21H2,1-2H3. The minimum absolute atomic E-state index is 0.123. The molecular weight excluding hydrogens is 432 g/mol. The van der Waals surface area contributed by atoms with Gasteiger partial charge in [-0.25, -0.2) is 4.98 Å². The van der Waals surface area contributed by atoms with E-state index >= 15 is 0 Å². The first-order chi connectivity index (χ1) is 17.1. The summed E-state index contributed by atoms with van der Waals surface area (Å²) < 4.78 is 2.08. The summed E-state index contributed by atoms with van der Waals surface area (Å²) in [6.45, 7) is 6.30. The summed E-state index contributed by atoms with van der Waals surface area (Å²) in [6, 6.07) is 22.8. The summed E-state index contributed by atoms with van der Waals surface area (Å²) in [5, 5.41) is 0. The number of imidazole rings is 1. The first-order valence-electron chi connectivity index (χ1n) is 12.4. The summed E-state index contributed by atoms with van der Waals surface area (Å²) in [4.78, 5) is 24.8. The molecule has 4 aromatic rings. The number of benzene rings is 2. The Kier molecular flexibility index (Phi) is 6.75. The molecule has 2 aromatic heterocycles. The highest BCUT2D eigenvalue weighted by atomic mass is 16.2. The predicted molar refractivity (Wildman–Crippen MR) is 139 cm³/mol. The summed E-state index contributed by atoms with van der Waals surface area (Å²) in [5.41, 5.74) is 6.71. The molecule has 3 heterocycles. The van der Waals surface area contributed by atoms with Crippen molar-refractivity contribution in [2.24, 2.45) is 0 Å². The maximum Gasteiger partial charge on any atom is 0.254 e. The van der Waals surface area contributed by atoms with Crippen LogP contribution in [0.25, 0.3) is 0 Å². The van der Waals surface area contributed by atoms with E-state index in [0.29, 0.717) is 12.5 Å². The fourth-order valence-electron chi connectivity index (χ4n) is 5.00. The smallest absolute Gasteiger partial charge is 0.254 e. The average molecular weight is 465 g/mol. The molecule has 5 nitrogen and oxygen atoms in total. The molecule has 1 aliphatic heterocycles. The normalized spacial score (nSPS) is 14.3. The van der Waals surface area contributed by atoms with Crippen molar-refractivity contribution >= 4 is 5.91 Å². The van der Waals surface area contributed by atoms with Gasteiger partial charge in [-0.15, -0.1) is 0 Å². The molecule has 5 rings (SSSR count). The van der Waals surface area contributed by atoms with Crippen molar-refractivity contribution in [1.29, 1.82) is 0 Å². The number of likely N-dealkylation sites (tertiary alicyclic amines) is 1. The SMILES string of the molecule is Cc1ccccc1Cc1cccc(C2CCN(C(=O)c3ccccc3Cn3ccnc3C)CC2)n1. The van der Waals surface area contributed by atoms with Crippen molar-refractivity contribution in [2.75, 3.05) is 13.1 Å². The third-order valence-corrected chi connectivity index (χ3v) is 7.17. The van der Waals surface area contributed by atoms with E-state index < -0.39 is 0 Å². The van der Waals surface area contributed by atoms with Gasteiger partial charge in [0, 0.05) is 61.3 Å². The largest absolute Gasteiger partial charge is 0.339 e. The van der Waals surface area contributed by atoms with Crippen molar-refractivity contribution in [3.63, 3.8) is 0 Å². The van der Waals surface area contributed by atoms with Crippen molar-refractivity contribution in [1.82, 2.24) is 19.4 Å². The van der Waals surface area contributed by atoms with E-state index in [1.165, 1.54) is 11.1 Å². The molecule has 0 saturated carbocycles. The molecule has 0 spiro atoms. The van der Waals surface area contributed by atoms with E-state index in [9.17, 15) is 4.79 Å². The van der Waals surface area contributed by atoms with Crippen LogP contribution in [-0.2, 0) is 13.0 Å². The monoisotopic (exact) mass is 464 g/mol. The minimum atomic E-state index is 0.123. The lowest BCUT2D eigenvalue weighted by Crippen LogP contribution is -2.38. The Labute approximate surface area is 207 Å². The number of piperidine rings is 1. The Balaban J connectivity index is 1.25. The maximum absolute atomic E-state index is 13.5. The third-order valence-electron chi connectivity index (χ3n) is 7.17. The van der Waals surface area contributed by atoms with Gasteiger partial charge in [0.15, 0.2) is 0 Å². The zero-order chi connectivity index (χ0) is 24.2. The molecule has 35 heavy (non-hydrogen) atoms. The van der Waals surface area contributed by atoms with Gasteiger partial charge in [-0.3, -0.25) is 9.78 Å². The first kappa shape index (κ1) is 23.0. The van der Waals surface area contributed by atoms with Gasteiger partial charge in [0.2, 0.25) is 0 Å². The predicted octanol–water partition coefficient (Wildman–Crippen LogP) is 5.55. The van der Waals surface area contributed by atoms with E-state index in [2.05, 4.69) is 58.9 Å². The highest BCUT2D eigenvalue weighted by molar-refractivity contribution is 5.95. The van der Waals surface area contributed by atoms with Gasteiger partial charge in [-0.05, 0) is 61.6 Å². The molecule has 0 radical (unpaired) electrons. The average Bonchev–Trinajstić information content (AvgIpc) is 3.30. The lowest BCUT2D eigenvalue weighted by molar-refractivity contribution is 0.0710. The topological polar surface area (TPSA) is 51.0 Å². The van der Waals surface area contributed by atoms with Crippen LogP contribution in [0, 0.1) is 13.8 Å². The number of rotatable bonds is 6. The Morgan fingerprint density at radius 2 is 1.66 bits per heavy atom. The molecule has 5 heteroatoms. The van der Waals surface area contributed by atoms with Crippen LogP contribution in [-0.4, -0.2) is 38.4 Å². The minimum Gasteiger partial charge on any atom is -0.339 e. The van der Waals surface area contributed by atoms with Gasteiger partial charge in [0.1, 0.15) is 5.82 Å². The summed E-state index contributed by atoms with van der Waals surface area (Å²) in [6.07, 6.45) is 6.49. The molecule has 0 N–H and O–H groups in total. The Morgan fingerprint density at radius 1 is 0.914 bits per heavy atom. The molecule has 0 bridgehead atoms. The van der Waals surface area contributed by atoms with Gasteiger partial charge in [-0.2, -0.15) is 0 Å². The van der Waals surface area contributed by atoms with Crippen LogP contribution in [0.3, 0.4) is 0 Å². The Hall–Kier alpha value is -3.73. The van der Waals surface area contributed by atoms with Crippen LogP contribution in [0.1, 0.15) is 63.0 Å². The molecule has 1 amide bonds. The number of carbonyl (C=O) groups excluding carboxylic acids is 1. The molecule has 1 fully saturated rings. The fraction of sp³-hybridized carbons (Fsp3) is 0.300. The number of aryl methyl sites for hydroxylation is 2. The second-order valence-electron chi connectivity index (χ2n) is 9.48. The molecule has 0 unspecified atom stereocenters. The quantitative estimate of drug-likeness (QED) is 0.376. The van der Waals surface area contributed by atoms with Crippen LogP contribution in [0.4, 0.5) is 0 Å². The summed E-state index contributed by atoms with van der Waals surface area (Å²) in [5.74, 6) is 1.46. The van der Waals surface area contributed by atoms with Crippen molar-refractivity contribution in [3.8, 4) is 0 Å². The van der Waals surface area contributed by atoms with E-state index in [-0.39, 0.29) is 5.91 Å². The number of hydrogen-bond acceptors (Lipinski definition) is 3. The van der Waals surface area contributed by atoms with Crippen LogP contribution < -0.4 is 0 Å². The number of amides is 1. The molecule has 0 aliphatic carbocycles. The zero-order valence-corrected chi connectivity index (χ0v) is 20.5. The van der Waals surface area contributed by atoms with Crippen LogP contribution in [0.2, 0.25) is 0 Å². The van der Waals surface area contributed by atoms with Crippen LogP contribution in [0.5, 0.6) is 0 Å². The van der Waals surface area contributed by atoms with E-state index in [0.717, 1.165) is 60.7 Å². The highest BCUT2D eigenvalue weighted by Gasteiger charge is 2.26. The molecule has 2 aromatic carbocycles. The van der Waals surface area contributed by atoms with E-state index in [4.69, 9.17) is 4.98 Å². The second-order valence-corrected chi connectivity index (χ2v) is 9.48. The molecule has 178 valence electrons. The van der Waals surface area contributed by atoms with Gasteiger partial charge in [0.25, 0.3) is 5.91 Å². The molecular formula is C30H32N4O. The van der Waals surface area contributed by atoms with E-state index in [1.807, 2.05) is 42.3 Å². The zero-order valence-electron chi connectivity index (χ0n) is 20.5. The fourth-order valence-corrected chi connectivity index (χ4v) is 5.00. The lowest BCUT2D eigenvalue weighted by Gasteiger charge is -2.32. The number of pyridine rings is 1. The van der Waals surface area contributed by atoms with Crippen molar-refractivity contribution < 1.29 is 4.79 Å². The number of nitrogens with zero attached hydrogens (tertiary/aromatic N) is 4. The lowest BCUT2D eigenvalue weighted by atomic mass is 9.92. The van der Waals surface area contributed by atoms with Gasteiger partial charge in [0.05, 0.1) is 0 Å². The Bertz CT molecular complexity index is 1320. The molecule has 0 atom stereocenters. The summed E-state index contributed by atoms with van der Waals surface area (Å²) in [7, 11) is 0. The number of hydrogen-bond donors (Lipinski definition) is 0. The van der Waals surface area contributed by atoms with E-state index in [1.54, 1.807) is 6.20 Å². The van der Waals surface area contributed by atoms with Crippen LogP contribution >= 0.6 is 0 Å². The second kappa shape index (κ2) is 10.3. The van der Waals surface area contributed by atoms with Gasteiger partial charge >= 0.3 is 0 Å². The Morgan fingerprint density at radius 3 is 2.40 bits per heavy atom. The van der Waals surface area contributed by atoms with Crippen molar-refractivity contribution in [3.05, 3.63) is 119 Å². The summed E-state index contributed by atoms with van der Waals surface area (Å²) >= 11 is 0. The van der Waals surface area contributed by atoms with Crippen LogP contribution in [0.15, 0.2) is 79.1 Å². The number of carbonyl (C=O) groups is 1. The highest BCUT2D eigenvalue weighted by Crippen LogP contribution is 2.28. The molecule has 1 saturated heterocycles. The van der Waals surface area contributed by atoms with Gasteiger partial charge < -0.3 is 9.47 Å². The molecule has 1 aliphatic rings. The number of aromatic nitrogens is 3. The first-order valence-corrected chi connectivity index (χ1v) is 12.4. The maximum atomic E-state index is 13.5. The van der Waals surface area contributed by atoms with Gasteiger partial charge in [-0.1, -0.05) is 48.5 Å².